The molecule has 0 aromatic rings. The maximum absolute atomic E-state index is 12.0. The van der Waals surface area contributed by atoms with Crippen molar-refractivity contribution in [2.75, 3.05) is 0 Å². The number of carbonyl (C=O) groups excluding carboxylic acids is 2. The Morgan fingerprint density at radius 3 is 2.37 bits per heavy atom. The van der Waals surface area contributed by atoms with Crippen LogP contribution >= 0.6 is 9.90 Å². The first-order valence-corrected chi connectivity index (χ1v) is 6.05. The Hall–Kier alpha value is -0.293. The SMILES string of the molecule is CC1OC2=C(C(=O)CC(C(=O)[O-])C2)C(C)C1C.[Li+].[PH2-]. The molecule has 4 atom stereocenters. The first kappa shape index (κ1) is 18.7. The van der Waals surface area contributed by atoms with Gasteiger partial charge < -0.3 is 24.5 Å². The van der Waals surface area contributed by atoms with Crippen LogP contribution in [0.2, 0.25) is 0 Å². The quantitative estimate of drug-likeness (QED) is 0.410. The van der Waals surface area contributed by atoms with Crippen LogP contribution in [0.5, 0.6) is 0 Å². The second-order valence-electron chi connectivity index (χ2n) is 5.15. The molecule has 0 bridgehead atoms. The molecule has 0 saturated heterocycles. The van der Waals surface area contributed by atoms with Crippen molar-refractivity contribution in [3.05, 3.63) is 11.3 Å². The number of aliphatic carboxylic acids is 1. The molecule has 2 aliphatic rings. The Morgan fingerprint density at radius 1 is 1.26 bits per heavy atom. The number of hydrogen-bond acceptors (Lipinski definition) is 4. The number of rotatable bonds is 1. The van der Waals surface area contributed by atoms with Gasteiger partial charge in [0.25, 0.3) is 0 Å². The van der Waals surface area contributed by atoms with Crippen molar-refractivity contribution in [3.8, 4) is 0 Å². The van der Waals surface area contributed by atoms with Crippen molar-refractivity contribution in [2.45, 2.75) is 39.7 Å². The second kappa shape index (κ2) is 6.93. The average molecular weight is 277 g/mol. The Kier molecular flexibility index (Phi) is 6.82. The van der Waals surface area contributed by atoms with Gasteiger partial charge in [0.1, 0.15) is 5.76 Å². The zero-order valence-electron chi connectivity index (χ0n) is 11.9. The molecule has 1 heterocycles. The van der Waals surface area contributed by atoms with Crippen molar-refractivity contribution in [3.63, 3.8) is 0 Å². The molecule has 1 aliphatic carbocycles. The molecule has 4 unspecified atom stereocenters. The second-order valence-corrected chi connectivity index (χ2v) is 5.15. The molecule has 4 nitrogen and oxygen atoms in total. The normalized spacial score (nSPS) is 33.5. The fourth-order valence-corrected chi connectivity index (χ4v) is 2.68. The third-order valence-corrected chi connectivity index (χ3v) is 4.11. The maximum Gasteiger partial charge on any atom is 1.00 e. The molecule has 19 heavy (non-hydrogen) atoms. The zero-order chi connectivity index (χ0) is 12.7. The summed E-state index contributed by atoms with van der Waals surface area (Å²) in [6.45, 7) is 6.02. The Bertz CT molecular complexity index is 407. The van der Waals surface area contributed by atoms with Gasteiger partial charge in [-0.2, -0.15) is 0 Å². The van der Waals surface area contributed by atoms with Crippen LogP contribution in [0.25, 0.3) is 0 Å². The molecular formula is C13H19LiO4P-. The molecular weight excluding hydrogens is 258 g/mol. The smallest absolute Gasteiger partial charge is 0.577 e. The van der Waals surface area contributed by atoms with Gasteiger partial charge in [-0.1, -0.05) is 13.8 Å². The monoisotopic (exact) mass is 277 g/mol. The molecule has 0 fully saturated rings. The van der Waals surface area contributed by atoms with Crippen LogP contribution < -0.4 is 24.0 Å². The van der Waals surface area contributed by atoms with E-state index >= 15 is 0 Å². The number of carbonyl (C=O) groups is 2. The van der Waals surface area contributed by atoms with Crippen LogP contribution in [0.3, 0.4) is 0 Å². The van der Waals surface area contributed by atoms with Gasteiger partial charge in [0.15, 0.2) is 5.78 Å². The van der Waals surface area contributed by atoms with Gasteiger partial charge in [-0.15, -0.1) is 0 Å². The van der Waals surface area contributed by atoms with Crippen molar-refractivity contribution < 1.29 is 38.3 Å². The number of carboxylic acids is 1. The van der Waals surface area contributed by atoms with E-state index in [2.05, 4.69) is 6.92 Å². The standard InChI is InChI=1S/C13H18O4.Li.H2P/c1-6-7(2)12-10(14)4-9(13(15)16)5-11(12)17-8(6)3;;/h6-9H,4-5H2,1-3H3,(H,15,16);;1H2/q;+1;-1/p-1. The Labute approximate surface area is 129 Å². The number of ether oxygens (including phenoxy) is 1. The van der Waals surface area contributed by atoms with Crippen LogP contribution in [0, 0.1) is 17.8 Å². The molecule has 0 spiro atoms. The maximum atomic E-state index is 12.0. The first-order valence-electron chi connectivity index (χ1n) is 6.05. The molecule has 102 valence electrons. The Morgan fingerprint density at radius 2 is 1.84 bits per heavy atom. The summed E-state index contributed by atoms with van der Waals surface area (Å²) in [6, 6.07) is 0. The summed E-state index contributed by atoms with van der Waals surface area (Å²) in [7, 11) is 0. The molecule has 0 amide bonds. The zero-order valence-corrected chi connectivity index (χ0v) is 13.1. The molecule has 1 aliphatic heterocycles. The average Bonchev–Trinajstić information content (AvgIpc) is 2.25. The topological polar surface area (TPSA) is 66.4 Å². The molecule has 0 aromatic carbocycles. The van der Waals surface area contributed by atoms with E-state index < -0.39 is 11.9 Å². The molecule has 0 aromatic heterocycles. The van der Waals surface area contributed by atoms with Crippen LogP contribution in [0.15, 0.2) is 11.3 Å². The third kappa shape index (κ3) is 3.43. The van der Waals surface area contributed by atoms with Gasteiger partial charge in [0.05, 0.1) is 6.10 Å². The number of allylic oxidation sites excluding steroid dienone is 2. The van der Waals surface area contributed by atoms with E-state index in [-0.39, 0.29) is 58.9 Å². The summed E-state index contributed by atoms with van der Waals surface area (Å²) in [5.41, 5.74) is 0.702. The summed E-state index contributed by atoms with van der Waals surface area (Å²) in [6.07, 6.45) is 0.373. The van der Waals surface area contributed by atoms with Gasteiger partial charge >= 0.3 is 18.9 Å². The van der Waals surface area contributed by atoms with Crippen molar-refractivity contribution in [2.24, 2.45) is 17.8 Å². The summed E-state index contributed by atoms with van der Waals surface area (Å²) < 4.78 is 5.69. The number of Topliss-reactive ketones (excluding diaryl/α,β-unsaturated/α-hetero) is 1. The van der Waals surface area contributed by atoms with Gasteiger partial charge in [0, 0.05) is 30.3 Å². The van der Waals surface area contributed by atoms with Crippen LogP contribution in [0.4, 0.5) is 0 Å². The largest absolute Gasteiger partial charge is 1.00 e. The van der Waals surface area contributed by atoms with Crippen LogP contribution in [-0.2, 0) is 14.3 Å². The van der Waals surface area contributed by atoms with Crippen LogP contribution in [0.1, 0.15) is 33.6 Å². The van der Waals surface area contributed by atoms with Crippen LogP contribution in [-0.4, -0.2) is 17.9 Å². The fraction of sp³-hybridized carbons (Fsp3) is 0.692. The minimum absolute atomic E-state index is 0. The molecule has 0 radical (unpaired) electrons. The summed E-state index contributed by atoms with van der Waals surface area (Å²) >= 11 is 0. The number of hydrogen-bond donors (Lipinski definition) is 0. The fourth-order valence-electron chi connectivity index (χ4n) is 2.68. The minimum atomic E-state index is -1.16. The van der Waals surface area contributed by atoms with E-state index in [1.54, 1.807) is 0 Å². The van der Waals surface area contributed by atoms with Gasteiger partial charge in [-0.3, -0.25) is 4.79 Å². The van der Waals surface area contributed by atoms with E-state index in [0.717, 1.165) is 0 Å². The molecule has 2 rings (SSSR count). The van der Waals surface area contributed by atoms with E-state index in [1.165, 1.54) is 0 Å². The van der Waals surface area contributed by atoms with Crippen molar-refractivity contribution >= 4 is 21.7 Å². The summed E-state index contributed by atoms with van der Waals surface area (Å²) in [4.78, 5) is 22.8. The predicted molar refractivity (Wildman–Crippen MR) is 68.3 cm³/mol. The van der Waals surface area contributed by atoms with Gasteiger partial charge in [-0.05, 0) is 18.8 Å². The third-order valence-electron chi connectivity index (χ3n) is 4.11. The van der Waals surface area contributed by atoms with Gasteiger partial charge in [-0.25, -0.2) is 0 Å². The molecule has 0 saturated carbocycles. The van der Waals surface area contributed by atoms with E-state index in [4.69, 9.17) is 4.74 Å². The first-order chi connectivity index (χ1) is 7.91. The van der Waals surface area contributed by atoms with E-state index in [0.29, 0.717) is 17.8 Å². The number of ketones is 1. The number of carboxylic acid groups (broad SMARTS) is 1. The summed E-state index contributed by atoms with van der Waals surface area (Å²) in [5.74, 6) is -0.983. The van der Waals surface area contributed by atoms with Crippen molar-refractivity contribution in [1.29, 1.82) is 0 Å². The molecule has 6 heteroatoms. The van der Waals surface area contributed by atoms with Crippen molar-refractivity contribution in [1.82, 2.24) is 0 Å². The minimum Gasteiger partial charge on any atom is -0.577 e. The predicted octanol–water partition coefficient (Wildman–Crippen LogP) is -2.01. The van der Waals surface area contributed by atoms with Gasteiger partial charge in [0.2, 0.25) is 0 Å². The summed E-state index contributed by atoms with van der Waals surface area (Å²) in [5, 5.41) is 10.9. The Balaban J connectivity index is 0.00000162. The molecule has 0 N–H and O–H groups in total. The van der Waals surface area contributed by atoms with E-state index in [1.807, 2.05) is 13.8 Å². The van der Waals surface area contributed by atoms with E-state index in [9.17, 15) is 14.7 Å².